The van der Waals surface area contributed by atoms with Crippen molar-refractivity contribution in [3.8, 4) is 0 Å². The fraction of sp³-hybridized carbons (Fsp3) is 0.0476. The van der Waals surface area contributed by atoms with E-state index in [1.54, 1.807) is 10.8 Å². The summed E-state index contributed by atoms with van der Waals surface area (Å²) in [4.78, 5) is 12.8. The van der Waals surface area contributed by atoms with E-state index in [2.05, 4.69) is 26.5 Å². The maximum absolute atomic E-state index is 12.8. The number of hydrazone groups is 1. The summed E-state index contributed by atoms with van der Waals surface area (Å²) in [7, 11) is 0. The van der Waals surface area contributed by atoms with Gasteiger partial charge in [0.2, 0.25) is 0 Å². The summed E-state index contributed by atoms with van der Waals surface area (Å²) < 4.78 is 2.77. The number of nitrogens with zero attached hydrogens (tertiary/aromatic N) is 2. The number of nitrogens with one attached hydrogen (secondary N) is 1. The quantitative estimate of drug-likeness (QED) is 0.390. The van der Waals surface area contributed by atoms with E-state index in [-0.39, 0.29) is 12.5 Å². The fourth-order valence-electron chi connectivity index (χ4n) is 3.05. The van der Waals surface area contributed by atoms with Crippen LogP contribution in [0.2, 0.25) is 0 Å². The monoisotopic (exact) mass is 405 g/mol. The molecule has 0 unspecified atom stereocenters. The van der Waals surface area contributed by atoms with E-state index < -0.39 is 0 Å². The number of fused-ring (bicyclic) bond motifs is 3. The normalized spacial score (nSPS) is 11.4. The number of halogens is 1. The molecule has 1 N–H and O–H groups in total. The highest BCUT2D eigenvalue weighted by atomic mass is 79.9. The van der Waals surface area contributed by atoms with Crippen molar-refractivity contribution in [2.75, 3.05) is 6.54 Å². The van der Waals surface area contributed by atoms with Gasteiger partial charge in [-0.1, -0.05) is 64.5 Å². The second kappa shape index (κ2) is 7.14. The minimum atomic E-state index is -0.0460. The molecule has 5 heteroatoms. The number of aromatic nitrogens is 1. The first-order chi connectivity index (χ1) is 12.7. The molecule has 0 saturated heterocycles. The van der Waals surface area contributed by atoms with Crippen molar-refractivity contribution in [1.29, 1.82) is 0 Å². The van der Waals surface area contributed by atoms with Gasteiger partial charge in [0.25, 0.3) is 5.91 Å². The molecule has 0 aliphatic rings. The van der Waals surface area contributed by atoms with E-state index in [9.17, 15) is 4.79 Å². The second-order valence-electron chi connectivity index (χ2n) is 5.91. The third-order valence-electron chi connectivity index (χ3n) is 4.23. The van der Waals surface area contributed by atoms with Crippen LogP contribution < -0.4 is 5.43 Å². The van der Waals surface area contributed by atoms with Gasteiger partial charge in [-0.15, -0.1) is 0 Å². The van der Waals surface area contributed by atoms with E-state index in [4.69, 9.17) is 0 Å². The predicted molar refractivity (Wildman–Crippen MR) is 110 cm³/mol. The zero-order valence-electron chi connectivity index (χ0n) is 13.9. The number of rotatable bonds is 4. The Morgan fingerprint density at radius 2 is 1.50 bits per heavy atom. The molecule has 3 aromatic carbocycles. The lowest BCUT2D eigenvalue weighted by Crippen LogP contribution is -2.23. The molecule has 4 rings (SSSR count). The smallest absolute Gasteiger partial charge is 0.252 e. The fourth-order valence-corrected chi connectivity index (χ4v) is 3.32. The topological polar surface area (TPSA) is 46.4 Å². The van der Waals surface area contributed by atoms with Gasteiger partial charge in [-0.2, -0.15) is 5.10 Å². The minimum absolute atomic E-state index is 0.0460. The van der Waals surface area contributed by atoms with E-state index in [0.717, 1.165) is 31.8 Å². The minimum Gasteiger partial charge on any atom is -0.301 e. The highest BCUT2D eigenvalue weighted by Crippen LogP contribution is 2.28. The second-order valence-corrected chi connectivity index (χ2v) is 6.82. The van der Waals surface area contributed by atoms with Gasteiger partial charge in [-0.05, 0) is 29.8 Å². The highest BCUT2D eigenvalue weighted by molar-refractivity contribution is 9.10. The van der Waals surface area contributed by atoms with Gasteiger partial charge in [-0.25, -0.2) is 0 Å². The van der Waals surface area contributed by atoms with Gasteiger partial charge in [0, 0.05) is 15.2 Å². The molecular weight excluding hydrogens is 390 g/mol. The Hall–Kier alpha value is -2.92. The molecule has 128 valence electrons. The van der Waals surface area contributed by atoms with Crippen molar-refractivity contribution in [3.05, 3.63) is 82.8 Å². The average Bonchev–Trinajstić information content (AvgIpc) is 3.01. The molecule has 1 aromatic heterocycles. The van der Waals surface area contributed by atoms with Crippen molar-refractivity contribution in [1.82, 2.24) is 9.99 Å². The maximum Gasteiger partial charge on any atom is 0.252 e. The van der Waals surface area contributed by atoms with Crippen molar-refractivity contribution in [3.63, 3.8) is 0 Å². The molecule has 0 amide bonds. The third kappa shape index (κ3) is 3.13. The van der Waals surface area contributed by atoms with E-state index >= 15 is 0 Å². The van der Waals surface area contributed by atoms with Crippen LogP contribution in [-0.4, -0.2) is 23.2 Å². The Kier molecular flexibility index (Phi) is 4.54. The van der Waals surface area contributed by atoms with Crippen molar-refractivity contribution in [2.24, 2.45) is 5.10 Å². The lowest BCUT2D eigenvalue weighted by Gasteiger charge is -2.05. The molecule has 26 heavy (non-hydrogen) atoms. The first-order valence-electron chi connectivity index (χ1n) is 8.27. The largest absolute Gasteiger partial charge is 0.301 e. The molecule has 0 spiro atoms. The zero-order valence-corrected chi connectivity index (χ0v) is 15.5. The lowest BCUT2D eigenvalue weighted by molar-refractivity contribution is 0.0923. The number of carbonyl (C=O) groups is 1. The zero-order chi connectivity index (χ0) is 17.9. The summed E-state index contributed by atoms with van der Waals surface area (Å²) in [6.45, 7) is 0.121. The van der Waals surface area contributed by atoms with Crippen LogP contribution in [0.4, 0.5) is 0 Å². The summed E-state index contributed by atoms with van der Waals surface area (Å²) in [5.41, 5.74) is 5.64. The number of hydrogen-bond donors (Lipinski definition) is 1. The molecule has 1 heterocycles. The summed E-state index contributed by atoms with van der Waals surface area (Å²) in [5.74, 6) is -0.0460. The number of hydrogen-bond acceptors (Lipinski definition) is 3. The number of para-hydroxylation sites is 2. The molecule has 4 aromatic rings. The Morgan fingerprint density at radius 3 is 2.12 bits per heavy atom. The Labute approximate surface area is 159 Å². The van der Waals surface area contributed by atoms with Crippen LogP contribution in [0, 0.1) is 0 Å². The van der Waals surface area contributed by atoms with Gasteiger partial charge in [0.1, 0.15) is 6.54 Å². The average molecular weight is 406 g/mol. The molecule has 0 saturated carbocycles. The third-order valence-corrected chi connectivity index (χ3v) is 4.76. The number of carbonyl (C=O) groups excluding carboxylic acids is 1. The molecule has 0 fully saturated rings. The van der Waals surface area contributed by atoms with Crippen LogP contribution in [0.15, 0.2) is 82.4 Å². The Balaban J connectivity index is 1.57. The van der Waals surface area contributed by atoms with E-state index in [0.29, 0.717) is 0 Å². The molecule has 0 atom stereocenters. The van der Waals surface area contributed by atoms with Crippen LogP contribution in [0.5, 0.6) is 0 Å². The lowest BCUT2D eigenvalue weighted by atomic mass is 10.2. The van der Waals surface area contributed by atoms with E-state index in [1.165, 1.54) is 0 Å². The predicted octanol–water partition coefficient (Wildman–Crippen LogP) is 4.82. The Morgan fingerprint density at radius 1 is 0.923 bits per heavy atom. The maximum atomic E-state index is 12.8. The highest BCUT2D eigenvalue weighted by Gasteiger charge is 2.14. The standard InChI is InChI=1S/C21H16BrN3O/c22-16-11-9-15(10-12-16)13-23-24-14-21(26)25-19-7-3-1-5-17(19)18-6-2-4-8-20(18)25/h1-13,24H,14H2/b23-13+. The summed E-state index contributed by atoms with van der Waals surface area (Å²) in [5, 5.41) is 6.31. The molecular formula is C21H16BrN3O. The van der Waals surface area contributed by atoms with Gasteiger partial charge in [0.15, 0.2) is 0 Å². The van der Waals surface area contributed by atoms with Crippen LogP contribution in [-0.2, 0) is 0 Å². The number of benzene rings is 3. The summed E-state index contributed by atoms with van der Waals surface area (Å²) in [6.07, 6.45) is 1.70. The van der Waals surface area contributed by atoms with Gasteiger partial charge in [0.05, 0.1) is 17.2 Å². The van der Waals surface area contributed by atoms with Crippen LogP contribution in [0.25, 0.3) is 21.8 Å². The first-order valence-corrected chi connectivity index (χ1v) is 9.06. The van der Waals surface area contributed by atoms with Gasteiger partial charge < -0.3 is 5.43 Å². The van der Waals surface area contributed by atoms with E-state index in [1.807, 2.05) is 72.8 Å². The first kappa shape index (κ1) is 16.5. The molecule has 0 radical (unpaired) electrons. The SMILES string of the molecule is O=C(CN/N=C/c1ccc(Br)cc1)n1c2ccccc2c2ccccc21. The van der Waals surface area contributed by atoms with Crippen LogP contribution in [0.1, 0.15) is 10.4 Å². The van der Waals surface area contributed by atoms with Crippen LogP contribution >= 0.6 is 15.9 Å². The van der Waals surface area contributed by atoms with Crippen molar-refractivity contribution in [2.45, 2.75) is 0 Å². The van der Waals surface area contributed by atoms with Crippen LogP contribution in [0.3, 0.4) is 0 Å². The summed E-state index contributed by atoms with van der Waals surface area (Å²) >= 11 is 3.40. The molecule has 4 nitrogen and oxygen atoms in total. The molecule has 0 aliphatic heterocycles. The van der Waals surface area contributed by atoms with Gasteiger partial charge in [-0.3, -0.25) is 9.36 Å². The molecule has 0 aliphatic carbocycles. The Bertz CT molecular complexity index is 1060. The summed E-state index contributed by atoms with van der Waals surface area (Å²) in [6, 6.07) is 23.7. The molecule has 0 bridgehead atoms. The van der Waals surface area contributed by atoms with Crippen molar-refractivity contribution < 1.29 is 4.79 Å². The van der Waals surface area contributed by atoms with Gasteiger partial charge >= 0.3 is 0 Å². The van der Waals surface area contributed by atoms with Crippen molar-refractivity contribution >= 4 is 49.9 Å².